The maximum atomic E-state index is 4.21. The molecule has 0 bridgehead atoms. The van der Waals surface area contributed by atoms with Crippen LogP contribution in [0.25, 0.3) is 0 Å². The number of hydrogen-bond donors (Lipinski definition) is 1. The average molecular weight is 235 g/mol. The van der Waals surface area contributed by atoms with E-state index in [1.165, 1.54) is 31.2 Å². The Bertz CT molecular complexity index is 343. The van der Waals surface area contributed by atoms with Gasteiger partial charge in [0.2, 0.25) is 0 Å². The van der Waals surface area contributed by atoms with Gasteiger partial charge >= 0.3 is 0 Å². The fourth-order valence-electron chi connectivity index (χ4n) is 3.02. The van der Waals surface area contributed by atoms with E-state index in [9.17, 15) is 0 Å². The third-order valence-electron chi connectivity index (χ3n) is 4.00. The smallest absolute Gasteiger partial charge is 0.0534 e. The number of nitrogens with zero attached hydrogens (tertiary/aromatic N) is 2. The number of aryl methyl sites for hydroxylation is 1. The van der Waals surface area contributed by atoms with Crippen molar-refractivity contribution in [2.24, 2.45) is 18.9 Å². The van der Waals surface area contributed by atoms with E-state index in [0.717, 1.165) is 18.4 Å². The summed E-state index contributed by atoms with van der Waals surface area (Å²) in [4.78, 5) is 0. The zero-order chi connectivity index (χ0) is 12.3. The summed E-state index contributed by atoms with van der Waals surface area (Å²) in [6, 6.07) is 0.698. The summed E-state index contributed by atoms with van der Waals surface area (Å²) in [5, 5.41) is 7.94. The molecule has 0 aromatic carbocycles. The first kappa shape index (κ1) is 12.6. The van der Waals surface area contributed by atoms with Crippen LogP contribution in [0.4, 0.5) is 0 Å². The first-order valence-electron chi connectivity index (χ1n) is 6.87. The van der Waals surface area contributed by atoms with Crippen LogP contribution in [0.5, 0.6) is 0 Å². The first-order valence-corrected chi connectivity index (χ1v) is 6.87. The van der Waals surface area contributed by atoms with Gasteiger partial charge in [0.1, 0.15) is 0 Å². The van der Waals surface area contributed by atoms with Crippen LogP contribution in [-0.4, -0.2) is 15.8 Å². The molecule has 96 valence electrons. The maximum Gasteiger partial charge on any atom is 0.0534 e. The topological polar surface area (TPSA) is 29.9 Å². The molecule has 3 heteroatoms. The van der Waals surface area contributed by atoms with Crippen LogP contribution in [0.1, 0.15) is 45.1 Å². The lowest BCUT2D eigenvalue weighted by Crippen LogP contribution is -2.40. The van der Waals surface area contributed by atoms with Crippen molar-refractivity contribution in [3.05, 3.63) is 18.0 Å². The van der Waals surface area contributed by atoms with Gasteiger partial charge in [-0.15, -0.1) is 0 Å². The minimum Gasteiger partial charge on any atom is -0.310 e. The Balaban J connectivity index is 1.88. The number of nitrogens with one attached hydrogen (secondary N) is 1. The summed E-state index contributed by atoms with van der Waals surface area (Å²) in [5.74, 6) is 1.64. The lowest BCUT2D eigenvalue weighted by molar-refractivity contribution is 0.204. The van der Waals surface area contributed by atoms with Gasteiger partial charge in [0, 0.05) is 31.4 Å². The van der Waals surface area contributed by atoms with Gasteiger partial charge in [0.15, 0.2) is 0 Å². The third kappa shape index (κ3) is 3.32. The predicted molar refractivity (Wildman–Crippen MR) is 70.6 cm³/mol. The van der Waals surface area contributed by atoms with Crippen molar-refractivity contribution in [3.63, 3.8) is 0 Å². The third-order valence-corrected chi connectivity index (χ3v) is 4.00. The Morgan fingerprint density at radius 3 is 2.82 bits per heavy atom. The molecule has 1 aliphatic carbocycles. The second kappa shape index (κ2) is 5.67. The lowest BCUT2D eigenvalue weighted by atomic mass is 9.78. The highest BCUT2D eigenvalue weighted by atomic mass is 15.2. The summed E-state index contributed by atoms with van der Waals surface area (Å²) in [6.45, 7) is 5.67. The van der Waals surface area contributed by atoms with Crippen molar-refractivity contribution in [2.45, 2.75) is 52.1 Å². The van der Waals surface area contributed by atoms with E-state index in [2.05, 4.69) is 30.5 Å². The van der Waals surface area contributed by atoms with Gasteiger partial charge in [-0.1, -0.05) is 26.7 Å². The van der Waals surface area contributed by atoms with Gasteiger partial charge in [-0.3, -0.25) is 4.68 Å². The average Bonchev–Trinajstić information content (AvgIpc) is 2.73. The Labute approximate surface area is 105 Å². The maximum absolute atomic E-state index is 4.21. The highest BCUT2D eigenvalue weighted by Crippen LogP contribution is 2.30. The van der Waals surface area contributed by atoms with E-state index >= 15 is 0 Å². The van der Waals surface area contributed by atoms with Crippen LogP contribution >= 0.6 is 0 Å². The minimum atomic E-state index is 0.698. The second-order valence-corrected chi connectivity index (χ2v) is 5.70. The minimum absolute atomic E-state index is 0.698. The molecule has 3 nitrogen and oxygen atoms in total. The predicted octanol–water partition coefficient (Wildman–Crippen LogP) is 2.72. The molecule has 1 fully saturated rings. The lowest BCUT2D eigenvalue weighted by Gasteiger charge is -2.35. The van der Waals surface area contributed by atoms with Crippen molar-refractivity contribution < 1.29 is 0 Å². The fourth-order valence-corrected chi connectivity index (χ4v) is 3.02. The van der Waals surface area contributed by atoms with Crippen molar-refractivity contribution in [2.75, 3.05) is 0 Å². The van der Waals surface area contributed by atoms with Crippen molar-refractivity contribution in [3.8, 4) is 0 Å². The van der Waals surface area contributed by atoms with E-state index in [0.29, 0.717) is 6.04 Å². The van der Waals surface area contributed by atoms with E-state index < -0.39 is 0 Å². The highest BCUT2D eigenvalue weighted by molar-refractivity contribution is 5.03. The van der Waals surface area contributed by atoms with E-state index in [-0.39, 0.29) is 0 Å². The molecule has 0 saturated heterocycles. The summed E-state index contributed by atoms with van der Waals surface area (Å²) in [7, 11) is 1.97. The molecule has 2 unspecified atom stereocenters. The standard InChI is InChI=1S/C14H25N3/c1-11(2)13-6-4-5-7-14(13)15-8-12-9-16-17(3)10-12/h9-11,13-15H,4-8H2,1-3H3. The zero-order valence-electron chi connectivity index (χ0n) is 11.3. The van der Waals surface area contributed by atoms with Gasteiger partial charge in [-0.25, -0.2) is 0 Å². The van der Waals surface area contributed by atoms with Crippen LogP contribution in [0.2, 0.25) is 0 Å². The molecule has 1 aromatic rings. The Hall–Kier alpha value is -0.830. The number of hydrogen-bond acceptors (Lipinski definition) is 2. The van der Waals surface area contributed by atoms with Gasteiger partial charge in [0.05, 0.1) is 6.20 Å². The molecule has 1 aliphatic rings. The molecule has 17 heavy (non-hydrogen) atoms. The fraction of sp³-hybridized carbons (Fsp3) is 0.786. The van der Waals surface area contributed by atoms with Crippen molar-refractivity contribution in [1.82, 2.24) is 15.1 Å². The molecule has 1 aromatic heterocycles. The Kier molecular flexibility index (Phi) is 4.21. The van der Waals surface area contributed by atoms with E-state index in [1.807, 2.05) is 17.9 Å². The molecule has 0 radical (unpaired) electrons. The Morgan fingerprint density at radius 2 is 2.18 bits per heavy atom. The first-order chi connectivity index (χ1) is 8.16. The highest BCUT2D eigenvalue weighted by Gasteiger charge is 2.26. The summed E-state index contributed by atoms with van der Waals surface area (Å²) < 4.78 is 1.87. The van der Waals surface area contributed by atoms with Crippen LogP contribution < -0.4 is 5.32 Å². The molecule has 0 aliphatic heterocycles. The van der Waals surface area contributed by atoms with Crippen LogP contribution in [0, 0.1) is 11.8 Å². The van der Waals surface area contributed by atoms with Crippen molar-refractivity contribution in [1.29, 1.82) is 0 Å². The van der Waals surface area contributed by atoms with Crippen molar-refractivity contribution >= 4 is 0 Å². The van der Waals surface area contributed by atoms with Gasteiger partial charge in [-0.2, -0.15) is 5.10 Å². The van der Waals surface area contributed by atoms with Crippen LogP contribution in [-0.2, 0) is 13.6 Å². The molecule has 1 heterocycles. The number of aromatic nitrogens is 2. The molecule has 0 spiro atoms. The zero-order valence-corrected chi connectivity index (χ0v) is 11.3. The second-order valence-electron chi connectivity index (χ2n) is 5.70. The van der Waals surface area contributed by atoms with Gasteiger partial charge in [0.25, 0.3) is 0 Å². The molecule has 1 N–H and O–H groups in total. The SMILES string of the molecule is CC(C)C1CCCCC1NCc1cnn(C)c1. The molecule has 0 amide bonds. The van der Waals surface area contributed by atoms with Gasteiger partial charge < -0.3 is 5.32 Å². The van der Waals surface area contributed by atoms with Gasteiger partial charge in [-0.05, 0) is 24.7 Å². The normalized spacial score (nSPS) is 25.4. The molecule has 2 atom stereocenters. The van der Waals surface area contributed by atoms with Crippen LogP contribution in [0.3, 0.4) is 0 Å². The van der Waals surface area contributed by atoms with Crippen LogP contribution in [0.15, 0.2) is 12.4 Å². The quantitative estimate of drug-likeness (QED) is 0.869. The Morgan fingerprint density at radius 1 is 1.41 bits per heavy atom. The summed E-state index contributed by atoms with van der Waals surface area (Å²) >= 11 is 0. The monoisotopic (exact) mass is 235 g/mol. The summed E-state index contributed by atoms with van der Waals surface area (Å²) in [6.07, 6.45) is 9.58. The van der Waals surface area contributed by atoms with E-state index in [4.69, 9.17) is 0 Å². The molecule has 1 saturated carbocycles. The molecular weight excluding hydrogens is 210 g/mol. The molecule has 2 rings (SSSR count). The largest absolute Gasteiger partial charge is 0.310 e. The van der Waals surface area contributed by atoms with E-state index in [1.54, 1.807) is 0 Å². The molecular formula is C14H25N3. The summed E-state index contributed by atoms with van der Waals surface area (Å²) in [5.41, 5.74) is 1.29. The number of rotatable bonds is 4.